The van der Waals surface area contributed by atoms with E-state index in [1.807, 2.05) is 13.8 Å². The average Bonchev–Trinajstić information content (AvgIpc) is 2.62. The van der Waals surface area contributed by atoms with Crippen molar-refractivity contribution in [2.24, 2.45) is 0 Å². The van der Waals surface area contributed by atoms with Crippen LogP contribution < -0.4 is 11.1 Å². The number of nitrogens with one attached hydrogen (secondary N) is 1. The van der Waals surface area contributed by atoms with Crippen LogP contribution in [0.3, 0.4) is 0 Å². The van der Waals surface area contributed by atoms with Crippen LogP contribution in [0.2, 0.25) is 0 Å². The van der Waals surface area contributed by atoms with Crippen LogP contribution >= 0.6 is 0 Å². The van der Waals surface area contributed by atoms with E-state index in [0.717, 1.165) is 17.0 Å². The molecule has 1 aromatic heterocycles. The van der Waals surface area contributed by atoms with Gasteiger partial charge in [0.25, 0.3) is 0 Å². The molecule has 0 bridgehead atoms. The maximum atomic E-state index is 13.2. The normalized spacial score (nSPS) is 10.5. The summed E-state index contributed by atoms with van der Waals surface area (Å²) in [5, 5.41) is 6.92. The van der Waals surface area contributed by atoms with Crippen molar-refractivity contribution in [1.82, 2.24) is 5.16 Å². The van der Waals surface area contributed by atoms with Gasteiger partial charge in [-0.2, -0.15) is 0 Å². The molecule has 1 heterocycles. The van der Waals surface area contributed by atoms with Gasteiger partial charge in [-0.25, -0.2) is 4.39 Å². The maximum absolute atomic E-state index is 13.2. The minimum Gasteiger partial charge on any atom is -0.395 e. The Bertz CT molecular complexity index is 517. The van der Waals surface area contributed by atoms with Crippen molar-refractivity contribution in [3.8, 4) is 0 Å². The lowest BCUT2D eigenvalue weighted by molar-refractivity contribution is 0.392. The fourth-order valence-corrected chi connectivity index (χ4v) is 1.63. The standard InChI is InChI=1S/C12H14FN3O/c1-7-9(8(2)17-16-7)6-15-11-5-3-4-10(13)12(11)14/h3-5,15H,6,14H2,1-2H3. The summed E-state index contributed by atoms with van der Waals surface area (Å²) in [6, 6.07) is 4.67. The van der Waals surface area contributed by atoms with Gasteiger partial charge in [-0.1, -0.05) is 11.2 Å². The van der Waals surface area contributed by atoms with E-state index in [9.17, 15) is 4.39 Å². The Hall–Kier alpha value is -2.04. The van der Waals surface area contributed by atoms with Crippen molar-refractivity contribution in [2.45, 2.75) is 20.4 Å². The highest BCUT2D eigenvalue weighted by molar-refractivity contribution is 5.66. The van der Waals surface area contributed by atoms with Crippen molar-refractivity contribution in [1.29, 1.82) is 0 Å². The largest absolute Gasteiger partial charge is 0.395 e. The number of para-hydroxylation sites is 1. The van der Waals surface area contributed by atoms with Crippen molar-refractivity contribution in [2.75, 3.05) is 11.1 Å². The minimum absolute atomic E-state index is 0.124. The van der Waals surface area contributed by atoms with Gasteiger partial charge in [0.2, 0.25) is 0 Å². The van der Waals surface area contributed by atoms with Crippen molar-refractivity contribution in [3.63, 3.8) is 0 Å². The fraction of sp³-hybridized carbons (Fsp3) is 0.250. The first-order chi connectivity index (χ1) is 8.09. The zero-order valence-corrected chi connectivity index (χ0v) is 9.75. The van der Waals surface area contributed by atoms with E-state index in [-0.39, 0.29) is 5.69 Å². The van der Waals surface area contributed by atoms with E-state index in [1.54, 1.807) is 12.1 Å². The summed E-state index contributed by atoms with van der Waals surface area (Å²) in [5.41, 5.74) is 8.11. The van der Waals surface area contributed by atoms with Gasteiger partial charge in [0.05, 0.1) is 17.1 Å². The van der Waals surface area contributed by atoms with Crippen LogP contribution in [0.15, 0.2) is 22.7 Å². The Labute approximate surface area is 98.6 Å². The van der Waals surface area contributed by atoms with E-state index < -0.39 is 5.82 Å². The molecule has 0 spiro atoms. The molecule has 0 aliphatic heterocycles. The van der Waals surface area contributed by atoms with Gasteiger partial charge in [-0.05, 0) is 26.0 Å². The lowest BCUT2D eigenvalue weighted by Gasteiger charge is -2.09. The van der Waals surface area contributed by atoms with Gasteiger partial charge >= 0.3 is 0 Å². The molecule has 4 nitrogen and oxygen atoms in total. The number of hydrogen-bond donors (Lipinski definition) is 2. The molecule has 90 valence electrons. The van der Waals surface area contributed by atoms with E-state index in [1.165, 1.54) is 6.07 Å². The lowest BCUT2D eigenvalue weighted by atomic mass is 10.2. The number of hydrogen-bond acceptors (Lipinski definition) is 4. The number of nitrogen functional groups attached to an aromatic ring is 1. The van der Waals surface area contributed by atoms with Crippen LogP contribution in [-0.4, -0.2) is 5.16 Å². The molecule has 0 fully saturated rings. The van der Waals surface area contributed by atoms with Gasteiger partial charge < -0.3 is 15.6 Å². The molecule has 3 N–H and O–H groups in total. The third-order valence-corrected chi connectivity index (χ3v) is 2.69. The summed E-state index contributed by atoms with van der Waals surface area (Å²) in [7, 11) is 0. The molecule has 0 saturated heterocycles. The molecule has 5 heteroatoms. The Morgan fingerprint density at radius 2 is 2.18 bits per heavy atom. The van der Waals surface area contributed by atoms with Crippen molar-refractivity contribution < 1.29 is 8.91 Å². The molecule has 0 amide bonds. The molecular formula is C12H14FN3O. The highest BCUT2D eigenvalue weighted by Gasteiger charge is 2.10. The molecule has 2 aromatic rings. The van der Waals surface area contributed by atoms with Gasteiger partial charge in [0.1, 0.15) is 11.6 Å². The Kier molecular flexibility index (Phi) is 2.99. The summed E-state index contributed by atoms with van der Waals surface area (Å²) in [6.45, 7) is 4.21. The van der Waals surface area contributed by atoms with E-state index in [4.69, 9.17) is 10.3 Å². The second-order valence-electron chi connectivity index (χ2n) is 3.86. The number of halogens is 1. The van der Waals surface area contributed by atoms with Crippen molar-refractivity contribution in [3.05, 3.63) is 41.0 Å². The van der Waals surface area contributed by atoms with Crippen LogP contribution in [0, 0.1) is 19.7 Å². The fourth-order valence-electron chi connectivity index (χ4n) is 1.63. The van der Waals surface area contributed by atoms with E-state index in [0.29, 0.717) is 12.2 Å². The molecule has 1 aromatic carbocycles. The molecule has 0 radical (unpaired) electrons. The summed E-state index contributed by atoms with van der Waals surface area (Å²) >= 11 is 0. The third kappa shape index (κ3) is 2.22. The zero-order chi connectivity index (χ0) is 12.4. The predicted molar refractivity (Wildman–Crippen MR) is 64.1 cm³/mol. The van der Waals surface area contributed by atoms with Crippen LogP contribution in [-0.2, 0) is 6.54 Å². The summed E-state index contributed by atoms with van der Waals surface area (Å²) in [5.74, 6) is 0.332. The zero-order valence-electron chi connectivity index (χ0n) is 9.75. The van der Waals surface area contributed by atoms with Crippen LogP contribution in [0.1, 0.15) is 17.0 Å². The summed E-state index contributed by atoms with van der Waals surface area (Å²) < 4.78 is 18.3. The smallest absolute Gasteiger partial charge is 0.148 e. The van der Waals surface area contributed by atoms with Crippen molar-refractivity contribution >= 4 is 11.4 Å². The van der Waals surface area contributed by atoms with E-state index >= 15 is 0 Å². The molecule has 0 saturated carbocycles. The lowest BCUT2D eigenvalue weighted by Crippen LogP contribution is -2.05. The second-order valence-corrected chi connectivity index (χ2v) is 3.86. The van der Waals surface area contributed by atoms with E-state index in [2.05, 4.69) is 10.5 Å². The number of benzene rings is 1. The number of aromatic nitrogens is 1. The molecule has 2 rings (SSSR count). The second kappa shape index (κ2) is 4.45. The topological polar surface area (TPSA) is 64.1 Å². The van der Waals surface area contributed by atoms with Crippen LogP contribution in [0.5, 0.6) is 0 Å². The first-order valence-electron chi connectivity index (χ1n) is 5.29. The number of rotatable bonds is 3. The third-order valence-electron chi connectivity index (χ3n) is 2.69. The van der Waals surface area contributed by atoms with Gasteiger partial charge in [0, 0.05) is 12.1 Å². The first-order valence-corrected chi connectivity index (χ1v) is 5.29. The summed E-state index contributed by atoms with van der Waals surface area (Å²) in [6.07, 6.45) is 0. The Balaban J connectivity index is 2.15. The number of aryl methyl sites for hydroxylation is 2. The summed E-state index contributed by atoms with van der Waals surface area (Å²) in [4.78, 5) is 0. The molecule has 0 atom stereocenters. The van der Waals surface area contributed by atoms with Gasteiger partial charge in [-0.3, -0.25) is 0 Å². The average molecular weight is 235 g/mol. The van der Waals surface area contributed by atoms with Crippen LogP contribution in [0.4, 0.5) is 15.8 Å². The molecule has 0 unspecified atom stereocenters. The monoisotopic (exact) mass is 235 g/mol. The maximum Gasteiger partial charge on any atom is 0.148 e. The number of anilines is 2. The highest BCUT2D eigenvalue weighted by atomic mass is 19.1. The highest BCUT2D eigenvalue weighted by Crippen LogP contribution is 2.22. The van der Waals surface area contributed by atoms with Gasteiger partial charge in [0.15, 0.2) is 0 Å². The SMILES string of the molecule is Cc1noc(C)c1CNc1cccc(F)c1N. The number of nitrogens with two attached hydrogens (primary N) is 1. The Morgan fingerprint density at radius 1 is 1.41 bits per heavy atom. The van der Waals surface area contributed by atoms with Crippen LogP contribution in [0.25, 0.3) is 0 Å². The molecule has 17 heavy (non-hydrogen) atoms. The number of nitrogens with zero attached hydrogens (tertiary/aromatic N) is 1. The quantitative estimate of drug-likeness (QED) is 0.803. The first kappa shape index (κ1) is 11.4. The predicted octanol–water partition coefficient (Wildman–Crippen LogP) is 2.62. The molecular weight excluding hydrogens is 221 g/mol. The molecule has 0 aliphatic rings. The van der Waals surface area contributed by atoms with Gasteiger partial charge in [-0.15, -0.1) is 0 Å². The Morgan fingerprint density at radius 3 is 2.82 bits per heavy atom. The molecule has 0 aliphatic carbocycles. The minimum atomic E-state index is -0.422.